The van der Waals surface area contributed by atoms with Crippen LogP contribution in [0.15, 0.2) is 24.4 Å². The zero-order chi connectivity index (χ0) is 14.7. The molecule has 1 N–H and O–H groups in total. The fourth-order valence-corrected chi connectivity index (χ4v) is 1.96. The fraction of sp³-hybridized carbons (Fsp3) is 0.267. The first-order valence-electron chi connectivity index (χ1n) is 6.33. The maximum Gasteiger partial charge on any atom is 0.339 e. The van der Waals surface area contributed by atoms with Gasteiger partial charge in [-0.3, -0.25) is 0 Å². The highest BCUT2D eigenvalue weighted by atomic mass is 16.5. The van der Waals surface area contributed by atoms with Crippen molar-refractivity contribution in [2.24, 2.45) is 0 Å². The van der Waals surface area contributed by atoms with Crippen molar-refractivity contribution in [3.8, 4) is 17.0 Å². The molecule has 0 aliphatic heterocycles. The van der Waals surface area contributed by atoms with E-state index in [2.05, 4.69) is 9.97 Å². The van der Waals surface area contributed by atoms with E-state index >= 15 is 0 Å². The quantitative estimate of drug-likeness (QED) is 0.926. The predicted molar refractivity (Wildman–Crippen MR) is 75.1 cm³/mol. The SMILES string of the molecule is CCOc1ccc(-c2nc(C)ncc2C(=O)O)cc1C. The summed E-state index contributed by atoms with van der Waals surface area (Å²) in [5.41, 5.74) is 2.21. The number of aryl methyl sites for hydroxylation is 2. The molecule has 0 atom stereocenters. The summed E-state index contributed by atoms with van der Waals surface area (Å²) in [4.78, 5) is 19.4. The van der Waals surface area contributed by atoms with E-state index in [-0.39, 0.29) is 5.56 Å². The summed E-state index contributed by atoms with van der Waals surface area (Å²) in [6.45, 7) is 6.16. The molecule has 20 heavy (non-hydrogen) atoms. The van der Waals surface area contributed by atoms with Crippen LogP contribution < -0.4 is 4.74 Å². The van der Waals surface area contributed by atoms with Gasteiger partial charge in [0.05, 0.1) is 12.3 Å². The van der Waals surface area contributed by atoms with Crippen LogP contribution in [-0.2, 0) is 0 Å². The third-order valence-electron chi connectivity index (χ3n) is 2.89. The Morgan fingerprint density at radius 2 is 2.10 bits per heavy atom. The molecular weight excluding hydrogens is 256 g/mol. The summed E-state index contributed by atoms with van der Waals surface area (Å²) < 4.78 is 5.48. The van der Waals surface area contributed by atoms with Crippen LogP contribution in [-0.4, -0.2) is 27.7 Å². The van der Waals surface area contributed by atoms with Crippen molar-refractivity contribution in [1.29, 1.82) is 0 Å². The fourth-order valence-electron chi connectivity index (χ4n) is 1.96. The highest BCUT2D eigenvalue weighted by molar-refractivity contribution is 5.94. The second-order valence-electron chi connectivity index (χ2n) is 4.40. The summed E-state index contributed by atoms with van der Waals surface area (Å²) in [5, 5.41) is 9.22. The number of ether oxygens (including phenoxy) is 1. The number of carbonyl (C=O) groups is 1. The summed E-state index contributed by atoms with van der Waals surface area (Å²) in [6.07, 6.45) is 1.34. The van der Waals surface area contributed by atoms with Gasteiger partial charge in [-0.1, -0.05) is 0 Å². The van der Waals surface area contributed by atoms with Crippen LogP contribution in [0.4, 0.5) is 0 Å². The van der Waals surface area contributed by atoms with Gasteiger partial charge in [-0.25, -0.2) is 14.8 Å². The van der Waals surface area contributed by atoms with Crippen LogP contribution >= 0.6 is 0 Å². The van der Waals surface area contributed by atoms with Crippen LogP contribution in [0, 0.1) is 13.8 Å². The van der Waals surface area contributed by atoms with E-state index in [1.165, 1.54) is 6.20 Å². The van der Waals surface area contributed by atoms with Crippen molar-refractivity contribution < 1.29 is 14.6 Å². The molecule has 0 unspecified atom stereocenters. The van der Waals surface area contributed by atoms with Gasteiger partial charge in [0.15, 0.2) is 0 Å². The lowest BCUT2D eigenvalue weighted by Gasteiger charge is -2.10. The number of rotatable bonds is 4. The molecular formula is C15H16N2O3. The molecule has 0 bridgehead atoms. The Balaban J connectivity index is 2.53. The zero-order valence-corrected chi connectivity index (χ0v) is 11.7. The third-order valence-corrected chi connectivity index (χ3v) is 2.89. The number of hydrogen-bond acceptors (Lipinski definition) is 4. The number of nitrogens with zero attached hydrogens (tertiary/aromatic N) is 2. The predicted octanol–water partition coefficient (Wildman–Crippen LogP) is 2.86. The first-order chi connectivity index (χ1) is 9.52. The Labute approximate surface area is 117 Å². The van der Waals surface area contributed by atoms with Gasteiger partial charge < -0.3 is 9.84 Å². The molecule has 0 aliphatic rings. The van der Waals surface area contributed by atoms with E-state index in [0.29, 0.717) is 18.1 Å². The van der Waals surface area contributed by atoms with Crippen molar-refractivity contribution >= 4 is 5.97 Å². The average Bonchev–Trinajstić information content (AvgIpc) is 2.40. The topological polar surface area (TPSA) is 72.3 Å². The van der Waals surface area contributed by atoms with Crippen LogP contribution in [0.2, 0.25) is 0 Å². The molecule has 0 saturated carbocycles. The third kappa shape index (κ3) is 2.77. The van der Waals surface area contributed by atoms with Crippen molar-refractivity contribution in [3.05, 3.63) is 41.3 Å². The minimum absolute atomic E-state index is 0.0964. The molecule has 104 valence electrons. The van der Waals surface area contributed by atoms with Gasteiger partial charge in [0.1, 0.15) is 17.1 Å². The van der Waals surface area contributed by atoms with Crippen LogP contribution in [0.25, 0.3) is 11.3 Å². The van der Waals surface area contributed by atoms with Crippen molar-refractivity contribution in [2.45, 2.75) is 20.8 Å². The smallest absolute Gasteiger partial charge is 0.339 e. The van der Waals surface area contributed by atoms with E-state index in [4.69, 9.17) is 4.74 Å². The van der Waals surface area contributed by atoms with Crippen LogP contribution in [0.1, 0.15) is 28.7 Å². The molecule has 5 nitrogen and oxygen atoms in total. The van der Waals surface area contributed by atoms with Gasteiger partial charge >= 0.3 is 5.97 Å². The zero-order valence-electron chi connectivity index (χ0n) is 11.7. The normalized spacial score (nSPS) is 10.3. The van der Waals surface area contributed by atoms with Gasteiger partial charge in [-0.05, 0) is 44.5 Å². The monoisotopic (exact) mass is 272 g/mol. The van der Waals surface area contributed by atoms with Crippen molar-refractivity contribution in [2.75, 3.05) is 6.61 Å². The van der Waals surface area contributed by atoms with Crippen molar-refractivity contribution in [3.63, 3.8) is 0 Å². The molecule has 5 heteroatoms. The summed E-state index contributed by atoms with van der Waals surface area (Å²) >= 11 is 0. The number of carboxylic acid groups (broad SMARTS) is 1. The standard InChI is InChI=1S/C15H16N2O3/c1-4-20-13-6-5-11(7-9(13)2)14-12(15(18)19)8-16-10(3)17-14/h5-8H,4H2,1-3H3,(H,18,19). The molecule has 1 heterocycles. The molecule has 0 saturated heterocycles. The number of aromatic carboxylic acids is 1. The summed E-state index contributed by atoms with van der Waals surface area (Å²) in [6, 6.07) is 5.52. The lowest BCUT2D eigenvalue weighted by atomic mass is 10.0. The second-order valence-corrected chi connectivity index (χ2v) is 4.40. The Hall–Kier alpha value is -2.43. The first kappa shape index (κ1) is 14.0. The van der Waals surface area contributed by atoms with Crippen LogP contribution in [0.3, 0.4) is 0 Å². The largest absolute Gasteiger partial charge is 0.494 e. The molecule has 0 aliphatic carbocycles. The minimum Gasteiger partial charge on any atom is -0.494 e. The maximum atomic E-state index is 11.3. The molecule has 0 radical (unpaired) electrons. The molecule has 1 aromatic heterocycles. The van der Waals surface area contributed by atoms with Gasteiger partial charge in [0.25, 0.3) is 0 Å². The highest BCUT2D eigenvalue weighted by Crippen LogP contribution is 2.27. The van der Waals surface area contributed by atoms with Crippen molar-refractivity contribution in [1.82, 2.24) is 9.97 Å². The Morgan fingerprint density at radius 1 is 1.35 bits per heavy atom. The van der Waals surface area contributed by atoms with E-state index in [0.717, 1.165) is 16.9 Å². The Morgan fingerprint density at radius 3 is 2.70 bits per heavy atom. The van der Waals surface area contributed by atoms with E-state index in [1.54, 1.807) is 6.92 Å². The van der Waals surface area contributed by atoms with E-state index in [9.17, 15) is 9.90 Å². The van der Waals surface area contributed by atoms with Gasteiger partial charge in [-0.15, -0.1) is 0 Å². The Bertz CT molecular complexity index is 654. The molecule has 0 amide bonds. The molecule has 2 aromatic rings. The van der Waals surface area contributed by atoms with Gasteiger partial charge in [0, 0.05) is 11.8 Å². The number of benzene rings is 1. The Kier molecular flexibility index (Phi) is 3.98. The van der Waals surface area contributed by atoms with E-state index in [1.807, 2.05) is 32.0 Å². The van der Waals surface area contributed by atoms with Gasteiger partial charge in [0.2, 0.25) is 0 Å². The van der Waals surface area contributed by atoms with E-state index < -0.39 is 5.97 Å². The average molecular weight is 272 g/mol. The van der Waals surface area contributed by atoms with Gasteiger partial charge in [-0.2, -0.15) is 0 Å². The minimum atomic E-state index is -1.04. The number of aromatic nitrogens is 2. The summed E-state index contributed by atoms with van der Waals surface area (Å²) in [7, 11) is 0. The molecule has 2 rings (SSSR count). The lowest BCUT2D eigenvalue weighted by Crippen LogP contribution is -2.05. The molecule has 0 fully saturated rings. The summed E-state index contributed by atoms with van der Waals surface area (Å²) in [5.74, 6) is 0.293. The highest BCUT2D eigenvalue weighted by Gasteiger charge is 2.15. The van der Waals surface area contributed by atoms with Crippen LogP contribution in [0.5, 0.6) is 5.75 Å². The molecule has 1 aromatic carbocycles. The lowest BCUT2D eigenvalue weighted by molar-refractivity contribution is 0.0697. The molecule has 0 spiro atoms. The number of carboxylic acids is 1. The second kappa shape index (κ2) is 5.69. The maximum absolute atomic E-state index is 11.3. The first-order valence-corrected chi connectivity index (χ1v) is 6.33. The number of hydrogen-bond donors (Lipinski definition) is 1.